The molecule has 0 aliphatic carbocycles. The van der Waals surface area contributed by atoms with E-state index in [0.29, 0.717) is 17.6 Å². The van der Waals surface area contributed by atoms with Gasteiger partial charge in [-0.05, 0) is 45.9 Å². The second-order valence-electron chi connectivity index (χ2n) is 5.29. The van der Waals surface area contributed by atoms with Crippen molar-refractivity contribution in [1.82, 2.24) is 0 Å². The van der Waals surface area contributed by atoms with E-state index in [0.717, 1.165) is 5.39 Å². The van der Waals surface area contributed by atoms with Gasteiger partial charge in [-0.1, -0.05) is 45.9 Å². The first kappa shape index (κ1) is 12.0. The molecule has 0 bridgehead atoms. The Morgan fingerprint density at radius 3 is 2.12 bits per heavy atom. The molecule has 0 spiro atoms. The molecule has 2 rings (SSSR count). The Morgan fingerprint density at radius 1 is 0.882 bits per heavy atom. The van der Waals surface area contributed by atoms with Crippen molar-refractivity contribution >= 4 is 10.8 Å². The van der Waals surface area contributed by atoms with E-state index in [1.807, 2.05) is 12.1 Å². The summed E-state index contributed by atoms with van der Waals surface area (Å²) in [5.41, 5.74) is 2.61. The van der Waals surface area contributed by atoms with Crippen LogP contribution in [0, 0.1) is 0 Å². The fourth-order valence-corrected chi connectivity index (χ4v) is 2.41. The largest absolute Gasteiger partial charge is 0.508 e. The van der Waals surface area contributed by atoms with Crippen molar-refractivity contribution in [2.45, 2.75) is 39.5 Å². The molecule has 0 unspecified atom stereocenters. The van der Waals surface area contributed by atoms with Gasteiger partial charge >= 0.3 is 0 Å². The fraction of sp³-hybridized carbons (Fsp3) is 0.375. The van der Waals surface area contributed by atoms with Crippen LogP contribution in [0.3, 0.4) is 0 Å². The minimum Gasteiger partial charge on any atom is -0.508 e. The molecule has 0 aliphatic rings. The molecule has 0 saturated carbocycles. The van der Waals surface area contributed by atoms with Crippen LogP contribution in [-0.4, -0.2) is 5.11 Å². The molecule has 0 atom stereocenters. The normalized spacial score (nSPS) is 11.6. The lowest BCUT2D eigenvalue weighted by Gasteiger charge is -2.17. The molecule has 90 valence electrons. The number of phenolic OH excluding ortho intramolecular Hbond substituents is 1. The van der Waals surface area contributed by atoms with Gasteiger partial charge < -0.3 is 5.11 Å². The maximum atomic E-state index is 9.79. The van der Waals surface area contributed by atoms with Crippen molar-refractivity contribution in [1.29, 1.82) is 0 Å². The van der Waals surface area contributed by atoms with Gasteiger partial charge in [-0.3, -0.25) is 0 Å². The van der Waals surface area contributed by atoms with E-state index in [1.165, 1.54) is 16.5 Å². The number of aromatic hydroxyl groups is 1. The van der Waals surface area contributed by atoms with Crippen LogP contribution < -0.4 is 0 Å². The van der Waals surface area contributed by atoms with Crippen LogP contribution in [0.5, 0.6) is 5.75 Å². The summed E-state index contributed by atoms with van der Waals surface area (Å²) in [6.45, 7) is 8.77. The third-order valence-corrected chi connectivity index (χ3v) is 3.27. The predicted octanol–water partition coefficient (Wildman–Crippen LogP) is 4.79. The fourth-order valence-electron chi connectivity index (χ4n) is 2.41. The summed E-state index contributed by atoms with van der Waals surface area (Å²) in [6, 6.07) is 10.1. The quantitative estimate of drug-likeness (QED) is 0.783. The number of rotatable bonds is 2. The van der Waals surface area contributed by atoms with Gasteiger partial charge in [0, 0.05) is 0 Å². The zero-order valence-electron chi connectivity index (χ0n) is 11.0. The van der Waals surface area contributed by atoms with Gasteiger partial charge in [0.15, 0.2) is 0 Å². The first-order chi connectivity index (χ1) is 8.00. The van der Waals surface area contributed by atoms with Crippen molar-refractivity contribution in [3.05, 3.63) is 41.5 Å². The summed E-state index contributed by atoms with van der Waals surface area (Å²) < 4.78 is 0. The van der Waals surface area contributed by atoms with Gasteiger partial charge in [-0.15, -0.1) is 0 Å². The van der Waals surface area contributed by atoms with Crippen molar-refractivity contribution in [2.24, 2.45) is 0 Å². The highest BCUT2D eigenvalue weighted by molar-refractivity contribution is 5.91. The average Bonchev–Trinajstić information content (AvgIpc) is 2.26. The lowest BCUT2D eigenvalue weighted by Crippen LogP contribution is -1.96. The average molecular weight is 228 g/mol. The highest BCUT2D eigenvalue weighted by Crippen LogP contribution is 2.34. The number of benzene rings is 2. The summed E-state index contributed by atoms with van der Waals surface area (Å²) in [7, 11) is 0. The summed E-state index contributed by atoms with van der Waals surface area (Å²) in [4.78, 5) is 0. The molecule has 0 amide bonds. The number of phenols is 1. The number of hydrogen-bond donors (Lipinski definition) is 1. The Labute approximate surface area is 103 Å². The smallest absolute Gasteiger partial charge is 0.116 e. The van der Waals surface area contributed by atoms with Gasteiger partial charge in [-0.25, -0.2) is 0 Å². The van der Waals surface area contributed by atoms with Gasteiger partial charge in [0.1, 0.15) is 5.75 Å². The van der Waals surface area contributed by atoms with Gasteiger partial charge in [0.05, 0.1) is 0 Å². The van der Waals surface area contributed by atoms with Crippen LogP contribution in [0.2, 0.25) is 0 Å². The zero-order valence-corrected chi connectivity index (χ0v) is 11.0. The summed E-state index contributed by atoms with van der Waals surface area (Å²) in [6.07, 6.45) is 0. The minimum absolute atomic E-state index is 0.363. The SMILES string of the molecule is CC(C)c1cccc2cc(O)cc(C(C)C)c12. The van der Waals surface area contributed by atoms with Crippen LogP contribution in [0.4, 0.5) is 0 Å². The van der Waals surface area contributed by atoms with Crippen molar-refractivity contribution in [3.63, 3.8) is 0 Å². The van der Waals surface area contributed by atoms with Crippen LogP contribution in [0.1, 0.15) is 50.7 Å². The van der Waals surface area contributed by atoms with Gasteiger partial charge in [-0.2, -0.15) is 0 Å². The lowest BCUT2D eigenvalue weighted by atomic mass is 9.88. The molecule has 2 aromatic rings. The third-order valence-electron chi connectivity index (χ3n) is 3.27. The number of hydrogen-bond acceptors (Lipinski definition) is 1. The highest BCUT2D eigenvalue weighted by atomic mass is 16.3. The van der Waals surface area contributed by atoms with E-state index < -0.39 is 0 Å². The summed E-state index contributed by atoms with van der Waals surface area (Å²) in [5, 5.41) is 12.2. The third kappa shape index (κ3) is 2.14. The number of fused-ring (bicyclic) bond motifs is 1. The maximum absolute atomic E-state index is 9.79. The molecule has 2 aromatic carbocycles. The molecular formula is C16H20O. The molecule has 17 heavy (non-hydrogen) atoms. The van der Waals surface area contributed by atoms with E-state index in [9.17, 15) is 5.11 Å². The second-order valence-corrected chi connectivity index (χ2v) is 5.29. The van der Waals surface area contributed by atoms with Gasteiger partial charge in [0.2, 0.25) is 0 Å². The van der Waals surface area contributed by atoms with Crippen LogP contribution >= 0.6 is 0 Å². The van der Waals surface area contributed by atoms with E-state index in [-0.39, 0.29) is 0 Å². The topological polar surface area (TPSA) is 20.2 Å². The standard InChI is InChI=1S/C16H20O/c1-10(2)14-7-5-6-12-8-13(17)9-15(11(3)4)16(12)14/h5-11,17H,1-4H3. The predicted molar refractivity (Wildman–Crippen MR) is 73.8 cm³/mol. The molecule has 0 fully saturated rings. The Bertz CT molecular complexity index is 538. The molecule has 1 N–H and O–H groups in total. The Kier molecular flexibility index (Phi) is 3.10. The van der Waals surface area contributed by atoms with Gasteiger partial charge in [0.25, 0.3) is 0 Å². The van der Waals surface area contributed by atoms with Crippen LogP contribution in [0.15, 0.2) is 30.3 Å². The molecule has 0 aliphatic heterocycles. The molecule has 0 radical (unpaired) electrons. The monoisotopic (exact) mass is 228 g/mol. The van der Waals surface area contributed by atoms with E-state index in [2.05, 4.69) is 45.9 Å². The second kappa shape index (κ2) is 4.40. The van der Waals surface area contributed by atoms with Crippen molar-refractivity contribution in [2.75, 3.05) is 0 Å². The van der Waals surface area contributed by atoms with E-state index >= 15 is 0 Å². The van der Waals surface area contributed by atoms with E-state index in [1.54, 1.807) is 0 Å². The Balaban J connectivity index is 2.86. The van der Waals surface area contributed by atoms with Crippen molar-refractivity contribution < 1.29 is 5.11 Å². The Morgan fingerprint density at radius 2 is 1.53 bits per heavy atom. The lowest BCUT2D eigenvalue weighted by molar-refractivity contribution is 0.475. The van der Waals surface area contributed by atoms with Crippen LogP contribution in [0.25, 0.3) is 10.8 Å². The summed E-state index contributed by atoms with van der Waals surface area (Å²) in [5.74, 6) is 1.28. The van der Waals surface area contributed by atoms with Crippen molar-refractivity contribution in [3.8, 4) is 5.75 Å². The van der Waals surface area contributed by atoms with Crippen LogP contribution in [-0.2, 0) is 0 Å². The first-order valence-electron chi connectivity index (χ1n) is 6.26. The maximum Gasteiger partial charge on any atom is 0.116 e. The molecule has 0 heterocycles. The summed E-state index contributed by atoms with van der Waals surface area (Å²) >= 11 is 0. The molecule has 1 heteroatoms. The molecular weight excluding hydrogens is 208 g/mol. The molecule has 0 saturated heterocycles. The minimum atomic E-state index is 0.363. The first-order valence-corrected chi connectivity index (χ1v) is 6.26. The molecule has 0 aromatic heterocycles. The zero-order chi connectivity index (χ0) is 12.6. The Hall–Kier alpha value is -1.50. The van der Waals surface area contributed by atoms with E-state index in [4.69, 9.17) is 0 Å². The highest BCUT2D eigenvalue weighted by Gasteiger charge is 2.12. The molecule has 1 nitrogen and oxygen atoms in total.